The van der Waals surface area contributed by atoms with Crippen LogP contribution < -0.4 is 5.32 Å². The summed E-state index contributed by atoms with van der Waals surface area (Å²) in [5, 5.41) is 8.83. The van der Waals surface area contributed by atoms with Gasteiger partial charge in [0.2, 0.25) is 0 Å². The lowest BCUT2D eigenvalue weighted by atomic mass is 10.1. The Labute approximate surface area is 122 Å². The van der Waals surface area contributed by atoms with Crippen LogP contribution in [0.5, 0.6) is 0 Å². The second kappa shape index (κ2) is 6.20. The standard InChI is InChI=1S/C14H18ClNS2/c1-4-6-16-12(13-9(2)5-7-17-13)14-11(15)10(3)8-18-14/h5,7-8,12,16H,4,6H2,1-3H3. The van der Waals surface area contributed by atoms with Crippen LogP contribution in [0.25, 0.3) is 0 Å². The Balaban J connectivity index is 2.37. The van der Waals surface area contributed by atoms with Crippen LogP contribution in [-0.4, -0.2) is 6.54 Å². The topological polar surface area (TPSA) is 12.0 Å². The molecule has 0 amide bonds. The molecule has 1 N–H and O–H groups in total. The summed E-state index contributed by atoms with van der Waals surface area (Å²) in [5.74, 6) is 0. The monoisotopic (exact) mass is 299 g/mol. The van der Waals surface area contributed by atoms with Crippen molar-refractivity contribution in [3.05, 3.63) is 42.7 Å². The first-order valence-electron chi connectivity index (χ1n) is 6.16. The largest absolute Gasteiger partial charge is 0.305 e. The molecule has 1 nitrogen and oxygen atoms in total. The second-order valence-corrected chi connectivity index (χ2v) is 6.69. The first-order valence-corrected chi connectivity index (χ1v) is 8.29. The maximum atomic E-state index is 6.43. The highest BCUT2D eigenvalue weighted by Crippen LogP contribution is 2.38. The molecule has 2 aromatic heterocycles. The number of aryl methyl sites for hydroxylation is 2. The summed E-state index contributed by atoms with van der Waals surface area (Å²) in [6.45, 7) is 7.43. The molecule has 0 radical (unpaired) electrons. The van der Waals surface area contributed by atoms with Crippen LogP contribution in [0, 0.1) is 13.8 Å². The molecule has 0 aromatic carbocycles. The Kier molecular flexibility index (Phi) is 4.84. The van der Waals surface area contributed by atoms with Crippen molar-refractivity contribution in [1.82, 2.24) is 5.32 Å². The van der Waals surface area contributed by atoms with Crippen LogP contribution in [0.15, 0.2) is 16.8 Å². The maximum absolute atomic E-state index is 6.43. The molecule has 0 aliphatic heterocycles. The Morgan fingerprint density at radius 1 is 1.22 bits per heavy atom. The van der Waals surface area contributed by atoms with Crippen LogP contribution in [0.1, 0.15) is 40.3 Å². The molecule has 0 spiro atoms. The van der Waals surface area contributed by atoms with Gasteiger partial charge in [0.05, 0.1) is 11.1 Å². The summed E-state index contributed by atoms with van der Waals surface area (Å²) >= 11 is 9.99. The van der Waals surface area contributed by atoms with Gasteiger partial charge in [-0.05, 0) is 54.8 Å². The van der Waals surface area contributed by atoms with E-state index in [1.54, 1.807) is 22.7 Å². The van der Waals surface area contributed by atoms with Gasteiger partial charge in [0, 0.05) is 9.75 Å². The van der Waals surface area contributed by atoms with E-state index in [-0.39, 0.29) is 6.04 Å². The third-order valence-electron chi connectivity index (χ3n) is 2.95. The average molecular weight is 300 g/mol. The number of hydrogen-bond donors (Lipinski definition) is 1. The van der Waals surface area contributed by atoms with Gasteiger partial charge < -0.3 is 5.32 Å². The zero-order valence-electron chi connectivity index (χ0n) is 10.9. The fourth-order valence-electron chi connectivity index (χ4n) is 1.92. The van der Waals surface area contributed by atoms with Gasteiger partial charge in [-0.3, -0.25) is 0 Å². The molecule has 0 saturated heterocycles. The quantitative estimate of drug-likeness (QED) is 0.803. The minimum atomic E-state index is 0.246. The van der Waals surface area contributed by atoms with Crippen molar-refractivity contribution in [2.24, 2.45) is 0 Å². The normalized spacial score (nSPS) is 12.9. The number of nitrogens with one attached hydrogen (secondary N) is 1. The van der Waals surface area contributed by atoms with Crippen LogP contribution in [0.3, 0.4) is 0 Å². The van der Waals surface area contributed by atoms with Gasteiger partial charge in [0.1, 0.15) is 0 Å². The fourth-order valence-corrected chi connectivity index (χ4v) is 4.39. The molecular weight excluding hydrogens is 282 g/mol. The van der Waals surface area contributed by atoms with Crippen molar-refractivity contribution in [2.75, 3.05) is 6.54 Å². The third kappa shape index (κ3) is 2.80. The van der Waals surface area contributed by atoms with E-state index in [1.165, 1.54) is 20.9 Å². The molecule has 2 aromatic rings. The number of halogens is 1. The predicted octanol–water partition coefficient (Wildman–Crippen LogP) is 5.17. The molecule has 1 unspecified atom stereocenters. The van der Waals surface area contributed by atoms with E-state index in [0.717, 1.165) is 18.0 Å². The molecule has 0 aliphatic rings. The Morgan fingerprint density at radius 2 is 2.00 bits per heavy atom. The van der Waals surface area contributed by atoms with Crippen LogP contribution in [0.2, 0.25) is 5.02 Å². The first kappa shape index (κ1) is 14.1. The first-order chi connectivity index (χ1) is 8.65. The van der Waals surface area contributed by atoms with Crippen molar-refractivity contribution >= 4 is 34.3 Å². The van der Waals surface area contributed by atoms with Crippen LogP contribution >= 0.6 is 34.3 Å². The van der Waals surface area contributed by atoms with Crippen LogP contribution in [-0.2, 0) is 0 Å². The molecule has 0 bridgehead atoms. The van der Waals surface area contributed by atoms with E-state index < -0.39 is 0 Å². The van der Waals surface area contributed by atoms with Gasteiger partial charge in [-0.1, -0.05) is 18.5 Å². The summed E-state index contributed by atoms with van der Waals surface area (Å²) in [5.41, 5.74) is 2.52. The molecule has 1 atom stereocenters. The Hall–Kier alpha value is -0.350. The van der Waals surface area contributed by atoms with Crippen LogP contribution in [0.4, 0.5) is 0 Å². The summed E-state index contributed by atoms with van der Waals surface area (Å²) in [4.78, 5) is 2.63. The number of thiophene rings is 2. The van der Waals surface area contributed by atoms with Crippen molar-refractivity contribution in [2.45, 2.75) is 33.2 Å². The zero-order valence-corrected chi connectivity index (χ0v) is 13.3. The van der Waals surface area contributed by atoms with E-state index in [2.05, 4.69) is 42.9 Å². The summed E-state index contributed by atoms with van der Waals surface area (Å²) in [7, 11) is 0. The lowest BCUT2D eigenvalue weighted by Gasteiger charge is -2.17. The highest BCUT2D eigenvalue weighted by atomic mass is 35.5. The molecule has 2 heterocycles. The van der Waals surface area contributed by atoms with Gasteiger partial charge in [-0.25, -0.2) is 0 Å². The Bertz CT molecular complexity index is 516. The summed E-state index contributed by atoms with van der Waals surface area (Å²) < 4.78 is 0. The molecular formula is C14H18ClNS2. The average Bonchev–Trinajstić information content (AvgIpc) is 2.91. The number of rotatable bonds is 5. The molecule has 18 heavy (non-hydrogen) atoms. The van der Waals surface area contributed by atoms with E-state index in [1.807, 2.05) is 0 Å². The van der Waals surface area contributed by atoms with Crippen molar-refractivity contribution in [3.63, 3.8) is 0 Å². The smallest absolute Gasteiger partial charge is 0.0782 e. The Morgan fingerprint density at radius 3 is 2.50 bits per heavy atom. The predicted molar refractivity (Wildman–Crippen MR) is 83.3 cm³/mol. The third-order valence-corrected chi connectivity index (χ3v) is 5.81. The molecule has 4 heteroatoms. The van der Waals surface area contributed by atoms with Crippen molar-refractivity contribution < 1.29 is 0 Å². The van der Waals surface area contributed by atoms with E-state index in [0.29, 0.717) is 0 Å². The fraction of sp³-hybridized carbons (Fsp3) is 0.429. The molecule has 0 saturated carbocycles. The van der Waals surface area contributed by atoms with Gasteiger partial charge in [0.15, 0.2) is 0 Å². The van der Waals surface area contributed by atoms with Crippen molar-refractivity contribution in [3.8, 4) is 0 Å². The zero-order chi connectivity index (χ0) is 13.1. The minimum Gasteiger partial charge on any atom is -0.305 e. The minimum absolute atomic E-state index is 0.246. The summed E-state index contributed by atoms with van der Waals surface area (Å²) in [6.07, 6.45) is 1.13. The molecule has 2 rings (SSSR count). The van der Waals surface area contributed by atoms with Crippen molar-refractivity contribution in [1.29, 1.82) is 0 Å². The lowest BCUT2D eigenvalue weighted by Crippen LogP contribution is -2.22. The van der Waals surface area contributed by atoms with E-state index in [9.17, 15) is 0 Å². The number of hydrogen-bond acceptors (Lipinski definition) is 3. The molecule has 0 aliphatic carbocycles. The summed E-state index contributed by atoms with van der Waals surface area (Å²) in [6, 6.07) is 2.42. The van der Waals surface area contributed by atoms with Gasteiger partial charge in [-0.2, -0.15) is 0 Å². The highest BCUT2D eigenvalue weighted by molar-refractivity contribution is 7.12. The lowest BCUT2D eigenvalue weighted by molar-refractivity contribution is 0.611. The van der Waals surface area contributed by atoms with Gasteiger partial charge in [-0.15, -0.1) is 22.7 Å². The molecule has 0 fully saturated rings. The SMILES string of the molecule is CCCNC(c1sccc1C)c1scc(C)c1Cl. The van der Waals surface area contributed by atoms with E-state index in [4.69, 9.17) is 11.6 Å². The van der Waals surface area contributed by atoms with Gasteiger partial charge >= 0.3 is 0 Å². The second-order valence-electron chi connectivity index (χ2n) is 4.45. The molecule has 98 valence electrons. The van der Waals surface area contributed by atoms with E-state index >= 15 is 0 Å². The maximum Gasteiger partial charge on any atom is 0.0782 e. The van der Waals surface area contributed by atoms with Gasteiger partial charge in [0.25, 0.3) is 0 Å². The highest BCUT2D eigenvalue weighted by Gasteiger charge is 2.21.